The van der Waals surface area contributed by atoms with E-state index >= 15 is 0 Å². The summed E-state index contributed by atoms with van der Waals surface area (Å²) in [6.07, 6.45) is 7.48. The van der Waals surface area contributed by atoms with Gasteiger partial charge in [-0.1, -0.05) is 28.8 Å². The Labute approximate surface area is 175 Å². The van der Waals surface area contributed by atoms with Gasteiger partial charge in [-0.3, -0.25) is 4.79 Å². The first kappa shape index (κ1) is 21.1. The van der Waals surface area contributed by atoms with Crippen molar-refractivity contribution in [3.05, 3.63) is 28.2 Å². The SMILES string of the molecule is Cc1cc(Br)ccc1NC(=O)CNC(=O)NC1CCN(CC2CCCC2)CC1. The molecule has 7 heteroatoms. The van der Waals surface area contributed by atoms with Gasteiger partial charge in [-0.15, -0.1) is 0 Å². The minimum absolute atomic E-state index is 0.0398. The number of piperidine rings is 1. The molecule has 3 N–H and O–H groups in total. The van der Waals surface area contributed by atoms with E-state index in [1.165, 1.54) is 32.2 Å². The number of hydrogen-bond donors (Lipinski definition) is 3. The molecule has 1 aromatic rings. The summed E-state index contributed by atoms with van der Waals surface area (Å²) in [5.74, 6) is 0.646. The normalized spacial score (nSPS) is 18.8. The lowest BCUT2D eigenvalue weighted by atomic mass is 10.0. The van der Waals surface area contributed by atoms with Gasteiger partial charge < -0.3 is 20.9 Å². The van der Waals surface area contributed by atoms with E-state index in [0.717, 1.165) is 47.6 Å². The van der Waals surface area contributed by atoms with Crippen LogP contribution in [0.4, 0.5) is 10.5 Å². The molecular weight excluding hydrogens is 420 g/mol. The zero-order chi connectivity index (χ0) is 19.9. The van der Waals surface area contributed by atoms with Crippen molar-refractivity contribution >= 4 is 33.6 Å². The minimum Gasteiger partial charge on any atom is -0.335 e. The molecule has 1 saturated carbocycles. The fourth-order valence-electron chi connectivity index (χ4n) is 4.18. The average Bonchev–Trinajstić information content (AvgIpc) is 3.17. The number of rotatable bonds is 6. The van der Waals surface area contributed by atoms with Crippen LogP contribution in [-0.2, 0) is 4.79 Å². The van der Waals surface area contributed by atoms with Crippen molar-refractivity contribution in [3.63, 3.8) is 0 Å². The number of nitrogens with zero attached hydrogens (tertiary/aromatic N) is 1. The highest BCUT2D eigenvalue weighted by atomic mass is 79.9. The molecular formula is C21H31BrN4O2. The quantitative estimate of drug-likeness (QED) is 0.618. The van der Waals surface area contributed by atoms with E-state index in [4.69, 9.17) is 0 Å². The lowest BCUT2D eigenvalue weighted by Gasteiger charge is -2.33. The minimum atomic E-state index is -0.267. The second-order valence-corrected chi connectivity index (χ2v) is 8.98. The van der Waals surface area contributed by atoms with Crippen molar-refractivity contribution in [1.82, 2.24) is 15.5 Å². The summed E-state index contributed by atoms with van der Waals surface area (Å²) in [4.78, 5) is 26.7. The molecule has 1 aliphatic carbocycles. The van der Waals surface area contributed by atoms with Crippen molar-refractivity contribution in [3.8, 4) is 0 Å². The van der Waals surface area contributed by atoms with Crippen LogP contribution in [0, 0.1) is 12.8 Å². The summed E-state index contributed by atoms with van der Waals surface area (Å²) in [5.41, 5.74) is 1.72. The third-order valence-electron chi connectivity index (χ3n) is 5.79. The second kappa shape index (κ2) is 10.3. The fraction of sp³-hybridized carbons (Fsp3) is 0.619. The highest BCUT2D eigenvalue weighted by Crippen LogP contribution is 2.26. The van der Waals surface area contributed by atoms with Gasteiger partial charge in [0.05, 0.1) is 6.54 Å². The van der Waals surface area contributed by atoms with Crippen LogP contribution < -0.4 is 16.0 Å². The summed E-state index contributed by atoms with van der Waals surface area (Å²) < 4.78 is 0.967. The summed E-state index contributed by atoms with van der Waals surface area (Å²) >= 11 is 3.40. The molecule has 154 valence electrons. The molecule has 2 fully saturated rings. The number of amides is 3. The number of nitrogens with one attached hydrogen (secondary N) is 3. The van der Waals surface area contributed by atoms with Crippen molar-refractivity contribution in [2.75, 3.05) is 31.5 Å². The number of halogens is 1. The Morgan fingerprint density at radius 2 is 1.86 bits per heavy atom. The molecule has 0 radical (unpaired) electrons. The Morgan fingerprint density at radius 1 is 1.14 bits per heavy atom. The van der Waals surface area contributed by atoms with E-state index in [-0.39, 0.29) is 24.5 Å². The van der Waals surface area contributed by atoms with E-state index in [2.05, 4.69) is 36.8 Å². The maximum atomic E-state index is 12.1. The number of likely N-dealkylation sites (tertiary alicyclic amines) is 1. The van der Waals surface area contributed by atoms with Gasteiger partial charge in [0.25, 0.3) is 0 Å². The molecule has 2 aliphatic rings. The predicted octanol–water partition coefficient (Wildman–Crippen LogP) is 3.65. The van der Waals surface area contributed by atoms with E-state index in [1.54, 1.807) is 0 Å². The number of benzene rings is 1. The fourth-order valence-corrected chi connectivity index (χ4v) is 4.65. The lowest BCUT2D eigenvalue weighted by molar-refractivity contribution is -0.115. The Kier molecular flexibility index (Phi) is 7.73. The molecule has 1 saturated heterocycles. The van der Waals surface area contributed by atoms with Gasteiger partial charge in [-0.2, -0.15) is 0 Å². The van der Waals surface area contributed by atoms with Crippen LogP contribution in [0.25, 0.3) is 0 Å². The molecule has 0 atom stereocenters. The Morgan fingerprint density at radius 3 is 2.54 bits per heavy atom. The molecule has 0 spiro atoms. The summed E-state index contributed by atoms with van der Waals surface area (Å²) in [6, 6.07) is 5.58. The first-order valence-corrected chi connectivity index (χ1v) is 11.1. The van der Waals surface area contributed by atoms with Gasteiger partial charge in [0, 0.05) is 35.8 Å². The van der Waals surface area contributed by atoms with E-state index in [1.807, 2.05) is 25.1 Å². The van der Waals surface area contributed by atoms with Crippen LogP contribution in [0.15, 0.2) is 22.7 Å². The molecule has 1 aromatic carbocycles. The van der Waals surface area contributed by atoms with Crippen molar-refractivity contribution < 1.29 is 9.59 Å². The first-order chi connectivity index (χ1) is 13.5. The van der Waals surface area contributed by atoms with Crippen LogP contribution in [0.1, 0.15) is 44.1 Å². The predicted molar refractivity (Wildman–Crippen MR) is 115 cm³/mol. The summed E-state index contributed by atoms with van der Waals surface area (Å²) in [7, 11) is 0. The molecule has 0 aromatic heterocycles. The standard InChI is InChI=1S/C21H31BrN4O2/c1-15-12-17(22)6-7-19(15)25-20(27)13-23-21(28)24-18-8-10-26(11-9-18)14-16-4-2-3-5-16/h6-7,12,16,18H,2-5,8-11,13-14H2,1H3,(H,25,27)(H2,23,24,28). The molecule has 3 amide bonds. The lowest BCUT2D eigenvalue weighted by Crippen LogP contribution is -2.49. The van der Waals surface area contributed by atoms with Gasteiger partial charge in [0.1, 0.15) is 0 Å². The molecule has 3 rings (SSSR count). The third-order valence-corrected chi connectivity index (χ3v) is 6.28. The van der Waals surface area contributed by atoms with Crippen LogP contribution in [0.5, 0.6) is 0 Å². The Bertz CT molecular complexity index is 683. The smallest absolute Gasteiger partial charge is 0.315 e. The number of carbonyl (C=O) groups excluding carboxylic acids is 2. The molecule has 0 bridgehead atoms. The van der Waals surface area contributed by atoms with Gasteiger partial charge >= 0.3 is 6.03 Å². The number of aryl methyl sites for hydroxylation is 1. The zero-order valence-corrected chi connectivity index (χ0v) is 18.2. The van der Waals surface area contributed by atoms with Crippen LogP contribution >= 0.6 is 15.9 Å². The molecule has 6 nitrogen and oxygen atoms in total. The van der Waals surface area contributed by atoms with E-state index in [9.17, 15) is 9.59 Å². The Hall–Kier alpha value is -1.60. The summed E-state index contributed by atoms with van der Waals surface area (Å²) in [6.45, 7) is 5.20. The van der Waals surface area contributed by atoms with Crippen LogP contribution in [-0.4, -0.2) is 49.1 Å². The topological polar surface area (TPSA) is 73.5 Å². The number of carbonyl (C=O) groups is 2. The van der Waals surface area contributed by atoms with Gasteiger partial charge in [0.15, 0.2) is 0 Å². The molecule has 1 aliphatic heterocycles. The Balaban J connectivity index is 1.32. The monoisotopic (exact) mass is 450 g/mol. The molecule has 0 unspecified atom stereocenters. The van der Waals surface area contributed by atoms with Crippen LogP contribution in [0.3, 0.4) is 0 Å². The summed E-state index contributed by atoms with van der Waals surface area (Å²) in [5, 5.41) is 8.50. The van der Waals surface area contributed by atoms with Crippen molar-refractivity contribution in [1.29, 1.82) is 0 Å². The maximum absolute atomic E-state index is 12.1. The highest BCUT2D eigenvalue weighted by Gasteiger charge is 2.24. The highest BCUT2D eigenvalue weighted by molar-refractivity contribution is 9.10. The number of urea groups is 1. The average molecular weight is 451 g/mol. The number of hydrogen-bond acceptors (Lipinski definition) is 3. The number of anilines is 1. The maximum Gasteiger partial charge on any atom is 0.315 e. The van der Waals surface area contributed by atoms with Gasteiger partial charge in [-0.05, 0) is 62.3 Å². The van der Waals surface area contributed by atoms with Crippen molar-refractivity contribution in [2.24, 2.45) is 5.92 Å². The zero-order valence-electron chi connectivity index (χ0n) is 16.6. The van der Waals surface area contributed by atoms with Crippen molar-refractivity contribution in [2.45, 2.75) is 51.5 Å². The third kappa shape index (κ3) is 6.48. The van der Waals surface area contributed by atoms with E-state index < -0.39 is 0 Å². The second-order valence-electron chi connectivity index (χ2n) is 8.06. The van der Waals surface area contributed by atoms with Gasteiger partial charge in [0.2, 0.25) is 5.91 Å². The first-order valence-electron chi connectivity index (χ1n) is 10.3. The molecule has 28 heavy (non-hydrogen) atoms. The van der Waals surface area contributed by atoms with E-state index in [0.29, 0.717) is 0 Å². The van der Waals surface area contributed by atoms with Gasteiger partial charge in [-0.25, -0.2) is 4.79 Å². The largest absolute Gasteiger partial charge is 0.335 e. The molecule has 1 heterocycles. The van der Waals surface area contributed by atoms with Crippen LogP contribution in [0.2, 0.25) is 0 Å².